The number of carboxylic acids is 1. The molecule has 0 rings (SSSR count). The Bertz CT molecular complexity index is 998. The second kappa shape index (κ2) is 36.3. The van der Waals surface area contributed by atoms with Crippen molar-refractivity contribution in [2.45, 2.75) is 167 Å². The summed E-state index contributed by atoms with van der Waals surface area (Å²) in [6, 6.07) is -1.48. The van der Waals surface area contributed by atoms with Crippen molar-refractivity contribution >= 4 is 19.8 Å². The highest BCUT2D eigenvalue weighted by Crippen LogP contribution is 2.43. The zero-order valence-electron chi connectivity index (χ0n) is 31.9. The average Bonchev–Trinajstić information content (AvgIpc) is 3.10. The van der Waals surface area contributed by atoms with Gasteiger partial charge in [0.15, 0.2) is 0 Å². The van der Waals surface area contributed by atoms with E-state index in [2.05, 4.69) is 62.5 Å². The number of aliphatic carboxylic acids is 1. The summed E-state index contributed by atoms with van der Waals surface area (Å²) in [6.45, 7) is 3.73. The molecule has 0 saturated carbocycles. The predicted octanol–water partition coefficient (Wildman–Crippen LogP) is 10.3. The summed E-state index contributed by atoms with van der Waals surface area (Å²) in [5, 5.41) is 8.87. The number of unbranched alkanes of at least 4 members (excludes halogenated alkanes) is 15. The minimum atomic E-state index is -4.62. The van der Waals surface area contributed by atoms with Crippen LogP contribution < -0.4 is 5.73 Å². The van der Waals surface area contributed by atoms with E-state index in [4.69, 9.17) is 29.4 Å². The van der Waals surface area contributed by atoms with Gasteiger partial charge in [-0.1, -0.05) is 127 Å². The van der Waals surface area contributed by atoms with Gasteiger partial charge < -0.3 is 25.2 Å². The van der Waals surface area contributed by atoms with Crippen LogP contribution in [0.5, 0.6) is 0 Å². The Morgan fingerprint density at radius 3 is 1.67 bits per heavy atom. The van der Waals surface area contributed by atoms with Crippen LogP contribution >= 0.6 is 7.82 Å². The molecule has 0 aromatic heterocycles. The number of phosphoric ester groups is 1. The van der Waals surface area contributed by atoms with Crippen LogP contribution in [-0.2, 0) is 32.7 Å². The maximum Gasteiger partial charge on any atom is 0.472 e. The summed E-state index contributed by atoms with van der Waals surface area (Å²) in [7, 11) is -4.62. The average molecular weight is 742 g/mol. The van der Waals surface area contributed by atoms with Crippen molar-refractivity contribution < 1.29 is 42.7 Å². The van der Waals surface area contributed by atoms with E-state index < -0.39 is 45.1 Å². The molecule has 0 aromatic rings. The minimum Gasteiger partial charge on any atom is -0.480 e. The van der Waals surface area contributed by atoms with Crippen molar-refractivity contribution in [1.29, 1.82) is 0 Å². The number of hydrogen-bond acceptors (Lipinski definition) is 8. The van der Waals surface area contributed by atoms with Gasteiger partial charge in [-0.05, 0) is 70.6 Å². The lowest BCUT2D eigenvalue weighted by Crippen LogP contribution is -2.34. The first-order valence-electron chi connectivity index (χ1n) is 19.7. The molecule has 0 aromatic carbocycles. The fraction of sp³-hybridized carbons (Fsp3) is 0.750. The Hall–Kier alpha value is -2.07. The van der Waals surface area contributed by atoms with Gasteiger partial charge in [-0.3, -0.25) is 18.6 Å². The molecule has 51 heavy (non-hydrogen) atoms. The van der Waals surface area contributed by atoms with Crippen LogP contribution in [0.4, 0.5) is 0 Å². The third kappa shape index (κ3) is 36.1. The van der Waals surface area contributed by atoms with Crippen molar-refractivity contribution in [1.82, 2.24) is 0 Å². The highest BCUT2D eigenvalue weighted by atomic mass is 31.2. The zero-order chi connectivity index (χ0) is 37.7. The standard InChI is InChI=1S/C40H72NO9P/c1-3-5-7-9-11-13-15-17-19-20-22-24-26-28-30-32-39(42)50-37(35-48-51(45,46)49-36-38(41)40(43)44)34-47-33-31-29-27-25-23-21-18-16-14-12-10-8-6-4-2/h8,10-11,13-14,16-17,19,37-38H,3-7,9,12,15,18,20-36,41H2,1-2H3,(H,43,44)(H,45,46)/b10-8-,13-11-,16-14-,19-17-. The largest absolute Gasteiger partial charge is 0.480 e. The number of carbonyl (C=O) groups is 2. The maximum atomic E-state index is 12.6. The molecular weight excluding hydrogens is 669 g/mol. The van der Waals surface area contributed by atoms with E-state index in [1.807, 2.05) is 0 Å². The van der Waals surface area contributed by atoms with Crippen molar-refractivity contribution in [3.8, 4) is 0 Å². The number of nitrogens with two attached hydrogens (primary N) is 1. The molecule has 0 fully saturated rings. The molecular formula is C40H72NO9P. The Labute approximate surface area is 309 Å². The SMILES string of the molecule is CCC/C=C\C/C=C\CCCCCCCCOCC(COP(=O)(O)OCC(N)C(=O)O)OC(=O)CCCCCCC/C=C\C/C=C\CCCCC. The number of ether oxygens (including phenoxy) is 2. The lowest BCUT2D eigenvalue weighted by Gasteiger charge is -2.20. The van der Waals surface area contributed by atoms with Crippen LogP contribution in [0.3, 0.4) is 0 Å². The van der Waals surface area contributed by atoms with Crippen molar-refractivity contribution in [2.24, 2.45) is 5.73 Å². The van der Waals surface area contributed by atoms with E-state index in [9.17, 15) is 19.0 Å². The van der Waals surface area contributed by atoms with Gasteiger partial charge in [0.25, 0.3) is 0 Å². The van der Waals surface area contributed by atoms with Crippen LogP contribution in [0.15, 0.2) is 48.6 Å². The van der Waals surface area contributed by atoms with Crippen molar-refractivity contribution in [3.63, 3.8) is 0 Å². The van der Waals surface area contributed by atoms with Crippen LogP contribution in [0.2, 0.25) is 0 Å². The zero-order valence-corrected chi connectivity index (χ0v) is 32.8. The highest BCUT2D eigenvalue weighted by Gasteiger charge is 2.27. The second-order valence-electron chi connectivity index (χ2n) is 13.0. The molecule has 0 saturated heterocycles. The first-order valence-corrected chi connectivity index (χ1v) is 21.2. The quantitative estimate of drug-likeness (QED) is 0.0242. The third-order valence-electron chi connectivity index (χ3n) is 8.06. The normalized spacial score (nSPS) is 14.6. The molecule has 0 radical (unpaired) electrons. The molecule has 0 bridgehead atoms. The number of rotatable bonds is 37. The Balaban J connectivity index is 4.35. The number of allylic oxidation sites excluding steroid dienone is 8. The summed E-state index contributed by atoms with van der Waals surface area (Å²) >= 11 is 0. The number of carboxylic acid groups (broad SMARTS) is 1. The second-order valence-corrected chi connectivity index (χ2v) is 14.5. The van der Waals surface area contributed by atoms with Crippen LogP contribution in [0.1, 0.15) is 155 Å². The predicted molar refractivity (Wildman–Crippen MR) is 208 cm³/mol. The minimum absolute atomic E-state index is 0.00249. The molecule has 0 heterocycles. The first kappa shape index (κ1) is 48.9. The van der Waals surface area contributed by atoms with Gasteiger partial charge in [-0.2, -0.15) is 0 Å². The Kier molecular flexibility index (Phi) is 34.8. The number of carbonyl (C=O) groups excluding carboxylic acids is 1. The molecule has 11 heteroatoms. The lowest BCUT2D eigenvalue weighted by molar-refractivity contribution is -0.154. The molecule has 3 atom stereocenters. The molecule has 0 aliphatic heterocycles. The first-order chi connectivity index (χ1) is 24.7. The van der Waals surface area contributed by atoms with Gasteiger partial charge in [-0.15, -0.1) is 0 Å². The Morgan fingerprint density at radius 1 is 0.627 bits per heavy atom. The fourth-order valence-electron chi connectivity index (χ4n) is 4.96. The monoisotopic (exact) mass is 741 g/mol. The number of phosphoric acid groups is 1. The van der Waals surface area contributed by atoms with Gasteiger partial charge in [0.1, 0.15) is 12.1 Å². The third-order valence-corrected chi connectivity index (χ3v) is 9.01. The summed E-state index contributed by atoms with van der Waals surface area (Å²) < 4.78 is 33.2. The maximum absolute atomic E-state index is 12.6. The number of esters is 1. The van der Waals surface area contributed by atoms with Gasteiger partial charge in [0, 0.05) is 13.0 Å². The molecule has 0 aliphatic rings. The van der Waals surface area contributed by atoms with E-state index in [0.29, 0.717) is 13.0 Å². The molecule has 0 spiro atoms. The molecule has 0 amide bonds. The number of hydrogen-bond donors (Lipinski definition) is 3. The fourth-order valence-corrected chi connectivity index (χ4v) is 5.74. The van der Waals surface area contributed by atoms with Crippen LogP contribution in [0.25, 0.3) is 0 Å². The summed E-state index contributed by atoms with van der Waals surface area (Å²) in [6.07, 6.45) is 40.1. The molecule has 4 N–H and O–H groups in total. The van der Waals surface area contributed by atoms with E-state index >= 15 is 0 Å². The van der Waals surface area contributed by atoms with Gasteiger partial charge in [0.2, 0.25) is 0 Å². The molecule has 3 unspecified atom stereocenters. The highest BCUT2D eigenvalue weighted by molar-refractivity contribution is 7.47. The smallest absolute Gasteiger partial charge is 0.472 e. The van der Waals surface area contributed by atoms with Crippen molar-refractivity contribution in [3.05, 3.63) is 48.6 Å². The van der Waals surface area contributed by atoms with Crippen molar-refractivity contribution in [2.75, 3.05) is 26.4 Å². The lowest BCUT2D eigenvalue weighted by atomic mass is 10.1. The molecule has 0 aliphatic carbocycles. The van der Waals surface area contributed by atoms with Crippen LogP contribution in [-0.4, -0.2) is 60.5 Å². The van der Waals surface area contributed by atoms with Gasteiger partial charge in [0.05, 0.1) is 19.8 Å². The van der Waals surface area contributed by atoms with E-state index in [1.54, 1.807) is 0 Å². The summed E-state index contributed by atoms with van der Waals surface area (Å²) in [5.41, 5.74) is 5.34. The van der Waals surface area contributed by atoms with Gasteiger partial charge in [-0.25, -0.2) is 4.57 Å². The Morgan fingerprint density at radius 2 is 1.12 bits per heavy atom. The van der Waals surface area contributed by atoms with Gasteiger partial charge >= 0.3 is 19.8 Å². The molecule has 296 valence electrons. The molecule has 10 nitrogen and oxygen atoms in total. The van der Waals surface area contributed by atoms with E-state index in [1.165, 1.54) is 51.4 Å². The summed E-state index contributed by atoms with van der Waals surface area (Å²) in [5.74, 6) is -1.80. The van der Waals surface area contributed by atoms with Crippen LogP contribution in [0, 0.1) is 0 Å². The summed E-state index contributed by atoms with van der Waals surface area (Å²) in [4.78, 5) is 33.4. The topological polar surface area (TPSA) is 155 Å². The van der Waals surface area contributed by atoms with E-state index in [-0.39, 0.29) is 13.0 Å². The van der Waals surface area contributed by atoms with E-state index in [0.717, 1.165) is 77.0 Å².